The van der Waals surface area contributed by atoms with Crippen molar-refractivity contribution in [3.63, 3.8) is 0 Å². The Kier molecular flexibility index (Phi) is 10.9. The van der Waals surface area contributed by atoms with Gasteiger partial charge < -0.3 is 19.8 Å². The van der Waals surface area contributed by atoms with Gasteiger partial charge in [-0.3, -0.25) is 19.2 Å². The van der Waals surface area contributed by atoms with E-state index in [1.165, 1.54) is 5.57 Å². The summed E-state index contributed by atoms with van der Waals surface area (Å²) >= 11 is 6.29. The minimum absolute atomic E-state index is 0.0118. The van der Waals surface area contributed by atoms with Gasteiger partial charge in [0.2, 0.25) is 5.91 Å². The van der Waals surface area contributed by atoms with Crippen LogP contribution in [0.4, 0.5) is 0 Å². The van der Waals surface area contributed by atoms with E-state index in [2.05, 4.69) is 48.5 Å². The van der Waals surface area contributed by atoms with E-state index in [0.717, 1.165) is 56.1 Å². The molecule has 0 heterocycles. The second-order valence-electron chi connectivity index (χ2n) is 20.6. The molecule has 9 atom stereocenters. The molecule has 0 saturated heterocycles. The van der Waals surface area contributed by atoms with Gasteiger partial charge in [0.05, 0.1) is 17.9 Å². The third kappa shape index (κ3) is 6.71. The van der Waals surface area contributed by atoms with Crippen molar-refractivity contribution in [2.45, 2.75) is 152 Å². The number of ketones is 1. The molecule has 6 rings (SSSR count). The molecule has 9 unspecified atom stereocenters. The highest BCUT2D eigenvalue weighted by Gasteiger charge is 2.71. The molecule has 1 aromatic rings. The molecule has 1 amide bonds. The van der Waals surface area contributed by atoms with Crippen LogP contribution in [0.1, 0.15) is 139 Å². The number of allylic oxidation sites excluding steroid dienone is 1. The van der Waals surface area contributed by atoms with E-state index in [1.54, 1.807) is 25.7 Å². The fraction of sp³-hybridized carbons (Fsp3) is 0.739. The molecule has 5 aliphatic carbocycles. The number of esters is 1. The molecule has 8 nitrogen and oxygen atoms in total. The van der Waals surface area contributed by atoms with Gasteiger partial charge >= 0.3 is 11.9 Å². The van der Waals surface area contributed by atoms with E-state index in [1.807, 2.05) is 24.3 Å². The summed E-state index contributed by atoms with van der Waals surface area (Å²) in [6, 6.07) is 7.48. The van der Waals surface area contributed by atoms with E-state index >= 15 is 0 Å². The van der Waals surface area contributed by atoms with Crippen molar-refractivity contribution in [1.29, 1.82) is 0 Å². The summed E-state index contributed by atoms with van der Waals surface area (Å²) < 4.78 is 6.16. The number of fused-ring (bicyclic) bond motifs is 7. The number of carboxylic acid groups (broad SMARTS) is 1. The number of hydrogen-bond donors (Lipinski definition) is 2. The molecule has 0 radical (unpaired) electrons. The number of aliphatic carboxylic acids is 1. The number of hydrogen-bond acceptors (Lipinski definition) is 6. The van der Waals surface area contributed by atoms with Crippen molar-refractivity contribution in [3.8, 4) is 0 Å². The Bertz CT molecular complexity index is 1770. The van der Waals surface area contributed by atoms with Gasteiger partial charge in [-0.25, -0.2) is 0 Å². The number of carboxylic acids is 1. The van der Waals surface area contributed by atoms with Crippen molar-refractivity contribution >= 4 is 35.2 Å². The number of rotatable bonds is 10. The number of Topliss-reactive ketones (excluding diaryl/α,β-unsaturated/α-hetero) is 1. The fourth-order valence-corrected chi connectivity index (χ4v) is 13.7. The number of aliphatic hydroxyl groups is 1. The lowest BCUT2D eigenvalue weighted by Crippen LogP contribution is -2.66. The van der Waals surface area contributed by atoms with Crippen LogP contribution in [0, 0.1) is 56.2 Å². The maximum Gasteiger partial charge on any atom is 0.309 e. The van der Waals surface area contributed by atoms with Crippen LogP contribution >= 0.6 is 11.6 Å². The SMILES string of the molecule is CC(=O)N(Cc1cccc(Cl)c1)CC(O)C12CCC3(C)C(CCC4C5(C)CCC(OC(=O)CC(C)(C)C(=O)O)C(C)(C)C5CCC43C)C1=C(C(C)C)C(=O)C2. The molecule has 304 valence electrons. The predicted molar refractivity (Wildman–Crippen MR) is 214 cm³/mol. The van der Waals surface area contributed by atoms with E-state index < -0.39 is 28.9 Å². The second kappa shape index (κ2) is 14.3. The van der Waals surface area contributed by atoms with Crippen molar-refractivity contribution in [2.24, 2.45) is 56.2 Å². The molecule has 1 aromatic carbocycles. The first-order chi connectivity index (χ1) is 25.4. The normalized spacial score (nSPS) is 36.0. The van der Waals surface area contributed by atoms with Crippen LogP contribution < -0.4 is 0 Å². The van der Waals surface area contributed by atoms with Crippen LogP contribution in [0.25, 0.3) is 0 Å². The predicted octanol–water partition coefficient (Wildman–Crippen LogP) is 9.44. The Morgan fingerprint density at radius 1 is 0.964 bits per heavy atom. The van der Waals surface area contributed by atoms with Gasteiger partial charge in [-0.15, -0.1) is 0 Å². The Morgan fingerprint density at radius 2 is 1.65 bits per heavy atom. The van der Waals surface area contributed by atoms with Crippen molar-refractivity contribution in [3.05, 3.63) is 46.0 Å². The van der Waals surface area contributed by atoms with Gasteiger partial charge in [-0.1, -0.05) is 77.8 Å². The highest BCUT2D eigenvalue weighted by molar-refractivity contribution is 6.30. The molecule has 55 heavy (non-hydrogen) atoms. The zero-order chi connectivity index (χ0) is 40.7. The lowest BCUT2D eigenvalue weighted by molar-refractivity contribution is -0.235. The van der Waals surface area contributed by atoms with E-state index in [4.69, 9.17) is 16.3 Å². The largest absolute Gasteiger partial charge is 0.481 e. The Balaban J connectivity index is 1.29. The number of carbonyl (C=O) groups is 4. The molecule has 4 fully saturated rings. The Hall–Kier alpha value is -2.71. The molecular formula is C46H66ClNO7. The quantitative estimate of drug-likeness (QED) is 0.227. The van der Waals surface area contributed by atoms with Crippen molar-refractivity contribution in [2.75, 3.05) is 6.54 Å². The first-order valence-corrected chi connectivity index (χ1v) is 21.2. The number of aliphatic hydroxyl groups excluding tert-OH is 1. The van der Waals surface area contributed by atoms with E-state index in [0.29, 0.717) is 36.2 Å². The van der Waals surface area contributed by atoms with Crippen LogP contribution in [0.5, 0.6) is 0 Å². The van der Waals surface area contributed by atoms with Gasteiger partial charge in [0, 0.05) is 42.3 Å². The van der Waals surface area contributed by atoms with E-state index in [-0.39, 0.29) is 64.3 Å². The number of nitrogens with zero attached hydrogens (tertiary/aromatic N) is 1. The summed E-state index contributed by atoms with van der Waals surface area (Å²) in [4.78, 5) is 53.8. The lowest BCUT2D eigenvalue weighted by atomic mass is 9.33. The topological polar surface area (TPSA) is 121 Å². The van der Waals surface area contributed by atoms with Gasteiger partial charge in [0.15, 0.2) is 5.78 Å². The van der Waals surface area contributed by atoms with Gasteiger partial charge in [-0.05, 0) is 128 Å². The average molecular weight is 780 g/mol. The third-order valence-corrected chi connectivity index (χ3v) is 16.8. The standard InChI is InChI=1S/C46H66ClNO7/c1-27(2)38-32(50)23-46(35(51)26-48(28(3)49)25-29-12-11-13-30(47)22-29)21-20-44(9)31(39(38)46)14-15-34-43(8)18-17-36(55-37(52)24-41(4,5)40(53)54)42(6,7)33(43)16-19-45(34,44)10/h11-13,22,27,31,33-36,51H,14-21,23-26H2,1-10H3,(H,53,54). The Labute approximate surface area is 334 Å². The summed E-state index contributed by atoms with van der Waals surface area (Å²) in [5, 5.41) is 22.7. The average Bonchev–Trinajstić information content (AvgIpc) is 3.39. The zero-order valence-corrected chi connectivity index (χ0v) is 35.8. The molecule has 2 N–H and O–H groups in total. The number of ether oxygens (including phenoxy) is 1. The summed E-state index contributed by atoms with van der Waals surface area (Å²) in [6.07, 6.45) is 6.32. The van der Waals surface area contributed by atoms with Crippen molar-refractivity contribution < 1.29 is 34.1 Å². The smallest absolute Gasteiger partial charge is 0.309 e. The van der Waals surface area contributed by atoms with Crippen LogP contribution in [-0.4, -0.2) is 57.5 Å². The van der Waals surface area contributed by atoms with Gasteiger partial charge in [0.1, 0.15) is 6.10 Å². The zero-order valence-electron chi connectivity index (χ0n) is 35.0. The highest BCUT2D eigenvalue weighted by atomic mass is 35.5. The number of halogens is 1. The molecule has 9 heteroatoms. The first kappa shape index (κ1) is 41.9. The second-order valence-corrected chi connectivity index (χ2v) is 21.0. The monoisotopic (exact) mass is 779 g/mol. The molecule has 0 bridgehead atoms. The molecule has 5 aliphatic rings. The molecule has 0 aromatic heterocycles. The fourth-order valence-electron chi connectivity index (χ4n) is 13.5. The highest BCUT2D eigenvalue weighted by Crippen LogP contribution is 2.77. The Morgan fingerprint density at radius 3 is 2.27 bits per heavy atom. The third-order valence-electron chi connectivity index (χ3n) is 16.6. The molecule has 0 aliphatic heterocycles. The molecule has 4 saturated carbocycles. The minimum atomic E-state index is -1.18. The van der Waals surface area contributed by atoms with E-state index in [9.17, 15) is 29.4 Å². The molecular weight excluding hydrogens is 714 g/mol. The summed E-state index contributed by atoms with van der Waals surface area (Å²) in [6.45, 7) is 21.4. The van der Waals surface area contributed by atoms with Crippen LogP contribution in [0.15, 0.2) is 35.4 Å². The van der Waals surface area contributed by atoms with Gasteiger partial charge in [-0.2, -0.15) is 0 Å². The molecule has 0 spiro atoms. The van der Waals surface area contributed by atoms with Crippen LogP contribution in [0.3, 0.4) is 0 Å². The van der Waals surface area contributed by atoms with Crippen LogP contribution in [-0.2, 0) is 30.5 Å². The number of benzene rings is 1. The maximum absolute atomic E-state index is 14.2. The summed E-state index contributed by atoms with van der Waals surface area (Å²) in [5.74, 6) is -0.452. The first-order valence-electron chi connectivity index (χ1n) is 20.8. The van der Waals surface area contributed by atoms with Crippen LogP contribution in [0.2, 0.25) is 5.02 Å². The number of amides is 1. The summed E-state index contributed by atoms with van der Waals surface area (Å²) in [7, 11) is 0. The lowest BCUT2D eigenvalue weighted by Gasteiger charge is -2.72. The van der Waals surface area contributed by atoms with Gasteiger partial charge in [0.25, 0.3) is 0 Å². The minimum Gasteiger partial charge on any atom is -0.481 e. The maximum atomic E-state index is 14.2. The van der Waals surface area contributed by atoms with Crippen molar-refractivity contribution in [1.82, 2.24) is 4.90 Å². The summed E-state index contributed by atoms with van der Waals surface area (Å²) in [5.41, 5.74) is 0.751. The number of carbonyl (C=O) groups excluding carboxylic acids is 3.